The summed E-state index contributed by atoms with van der Waals surface area (Å²) >= 11 is 0. The molecule has 1 saturated carbocycles. The van der Waals surface area contributed by atoms with E-state index in [4.69, 9.17) is 4.74 Å². The summed E-state index contributed by atoms with van der Waals surface area (Å²) in [5, 5.41) is 2.73. The van der Waals surface area contributed by atoms with Gasteiger partial charge in [-0.15, -0.1) is 0 Å². The predicted molar refractivity (Wildman–Crippen MR) is 152 cm³/mol. The average molecular weight is 568 g/mol. The maximum absolute atomic E-state index is 14.3. The van der Waals surface area contributed by atoms with Crippen LogP contribution in [0.25, 0.3) is 0 Å². The van der Waals surface area contributed by atoms with Crippen molar-refractivity contribution in [3.05, 3.63) is 89.0 Å². The van der Waals surface area contributed by atoms with Crippen LogP contribution in [-0.4, -0.2) is 63.5 Å². The standard InChI is InChI=1S/C32H33N5O5/c1-33-29(38)22-8-2-3-9-23(22)30(39)36-16-13-20-7-6-12-27(42-19-21-17-34-14-15-35-21)28(20)26(36)18-37-31(40)24-10-4-5-11-25(24)32(37)41/h4-7,10-12,14-15,17,22-23,26H,2-3,8-9,13,16,18-19H2,1H3,(H,33,38)/t22-,23?,26-/m1/s1. The van der Waals surface area contributed by atoms with Crippen molar-refractivity contribution in [3.63, 3.8) is 0 Å². The van der Waals surface area contributed by atoms with Gasteiger partial charge in [-0.25, -0.2) is 0 Å². The largest absolute Gasteiger partial charge is 0.487 e. The summed E-state index contributed by atoms with van der Waals surface area (Å²) in [7, 11) is 1.60. The smallest absolute Gasteiger partial charge is 0.261 e. The first-order valence-corrected chi connectivity index (χ1v) is 14.4. The SMILES string of the molecule is CNC(=O)[C@@H]1CCCCC1C(=O)N1CCc2cccc(OCc3cnccn3)c2[C@H]1CN1C(=O)c2ccccc2C1=O. The molecular formula is C32H33N5O5. The molecule has 3 heterocycles. The monoisotopic (exact) mass is 567 g/mol. The molecule has 6 rings (SSSR count). The molecule has 0 radical (unpaired) electrons. The maximum Gasteiger partial charge on any atom is 0.261 e. The van der Waals surface area contributed by atoms with E-state index in [2.05, 4.69) is 15.3 Å². The first kappa shape index (κ1) is 27.6. The van der Waals surface area contributed by atoms with E-state index in [1.54, 1.807) is 54.8 Å². The Kier molecular flexibility index (Phi) is 7.69. The van der Waals surface area contributed by atoms with E-state index >= 15 is 0 Å². The number of nitrogens with one attached hydrogen (secondary N) is 1. The van der Waals surface area contributed by atoms with Crippen molar-refractivity contribution >= 4 is 23.6 Å². The Morgan fingerprint density at radius 3 is 2.40 bits per heavy atom. The van der Waals surface area contributed by atoms with Crippen LogP contribution < -0.4 is 10.1 Å². The highest BCUT2D eigenvalue weighted by molar-refractivity contribution is 6.21. The lowest BCUT2D eigenvalue weighted by Gasteiger charge is -2.42. The number of carbonyl (C=O) groups excluding carboxylic acids is 4. The van der Waals surface area contributed by atoms with Gasteiger partial charge in [0.2, 0.25) is 11.8 Å². The molecule has 10 nitrogen and oxygen atoms in total. The molecule has 2 aromatic carbocycles. The molecule has 1 aromatic heterocycles. The minimum atomic E-state index is -0.645. The number of rotatable bonds is 7. The van der Waals surface area contributed by atoms with Crippen LogP contribution in [0, 0.1) is 11.8 Å². The molecular weight excluding hydrogens is 534 g/mol. The van der Waals surface area contributed by atoms with Crippen molar-refractivity contribution in [1.82, 2.24) is 25.1 Å². The Hall–Kier alpha value is -4.60. The second-order valence-corrected chi connectivity index (χ2v) is 11.0. The molecule has 3 aromatic rings. The number of benzene rings is 2. The van der Waals surface area contributed by atoms with Gasteiger partial charge in [0.1, 0.15) is 12.4 Å². The molecule has 3 aliphatic rings. The lowest BCUT2D eigenvalue weighted by atomic mass is 9.77. The first-order valence-electron chi connectivity index (χ1n) is 14.4. The third kappa shape index (κ3) is 5.01. The van der Waals surface area contributed by atoms with Gasteiger partial charge in [0.25, 0.3) is 11.8 Å². The van der Waals surface area contributed by atoms with E-state index in [9.17, 15) is 19.2 Å². The maximum atomic E-state index is 14.3. The third-order valence-electron chi connectivity index (χ3n) is 8.66. The highest BCUT2D eigenvalue weighted by Gasteiger charge is 2.45. The number of aromatic nitrogens is 2. The van der Waals surface area contributed by atoms with Crippen LogP contribution in [0.1, 0.15) is 69.3 Å². The Bertz CT molecular complexity index is 1490. The second-order valence-electron chi connectivity index (χ2n) is 11.0. The summed E-state index contributed by atoms with van der Waals surface area (Å²) in [6, 6.07) is 11.9. The van der Waals surface area contributed by atoms with Crippen molar-refractivity contribution in [1.29, 1.82) is 0 Å². The fraction of sp³-hybridized carbons (Fsp3) is 0.375. The van der Waals surface area contributed by atoms with Crippen molar-refractivity contribution in [2.45, 2.75) is 44.8 Å². The fourth-order valence-corrected chi connectivity index (χ4v) is 6.59. The predicted octanol–water partition coefficient (Wildman–Crippen LogP) is 3.33. The topological polar surface area (TPSA) is 122 Å². The summed E-state index contributed by atoms with van der Waals surface area (Å²) < 4.78 is 6.26. The van der Waals surface area contributed by atoms with Crippen LogP contribution in [0.15, 0.2) is 61.1 Å². The summed E-state index contributed by atoms with van der Waals surface area (Å²) in [4.78, 5) is 65.5. The zero-order valence-corrected chi connectivity index (χ0v) is 23.5. The van der Waals surface area contributed by atoms with Crippen molar-refractivity contribution in [2.24, 2.45) is 11.8 Å². The molecule has 0 saturated heterocycles. The molecule has 1 N–H and O–H groups in total. The van der Waals surface area contributed by atoms with E-state index in [1.807, 2.05) is 18.2 Å². The quantitative estimate of drug-likeness (QED) is 0.435. The van der Waals surface area contributed by atoms with E-state index in [0.717, 1.165) is 24.0 Å². The number of ether oxygens (including phenoxy) is 1. The highest BCUT2D eigenvalue weighted by atomic mass is 16.5. The van der Waals surface area contributed by atoms with Crippen LogP contribution in [0.5, 0.6) is 5.75 Å². The molecule has 10 heteroatoms. The van der Waals surface area contributed by atoms with Crippen molar-refractivity contribution < 1.29 is 23.9 Å². The fourth-order valence-electron chi connectivity index (χ4n) is 6.59. The van der Waals surface area contributed by atoms with Crippen LogP contribution in [0.4, 0.5) is 0 Å². The molecule has 0 spiro atoms. The van der Waals surface area contributed by atoms with E-state index in [1.165, 1.54) is 4.90 Å². The second kappa shape index (κ2) is 11.7. The molecule has 2 aliphatic heterocycles. The number of hydrogen-bond acceptors (Lipinski definition) is 7. The number of amides is 4. The van der Waals surface area contributed by atoms with Gasteiger partial charge in [-0.3, -0.25) is 34.0 Å². The Labute approximate surface area is 244 Å². The van der Waals surface area contributed by atoms with Crippen molar-refractivity contribution in [2.75, 3.05) is 20.1 Å². The van der Waals surface area contributed by atoms with Crippen molar-refractivity contribution in [3.8, 4) is 5.75 Å². The summed E-state index contributed by atoms with van der Waals surface area (Å²) in [6.45, 7) is 0.553. The zero-order chi connectivity index (χ0) is 29.2. The summed E-state index contributed by atoms with van der Waals surface area (Å²) in [6.07, 6.45) is 8.42. The van der Waals surface area contributed by atoms with Gasteiger partial charge < -0.3 is 15.0 Å². The first-order chi connectivity index (χ1) is 20.5. The molecule has 1 fully saturated rings. The molecule has 3 atom stereocenters. The number of nitrogens with zero attached hydrogens (tertiary/aromatic N) is 4. The van der Waals surface area contributed by atoms with Gasteiger partial charge in [-0.1, -0.05) is 37.1 Å². The van der Waals surface area contributed by atoms with Crippen LogP contribution in [0.3, 0.4) is 0 Å². The molecule has 42 heavy (non-hydrogen) atoms. The number of carbonyl (C=O) groups is 4. The number of fused-ring (bicyclic) bond motifs is 2. The van der Waals surface area contributed by atoms with Gasteiger partial charge in [-0.05, 0) is 43.0 Å². The average Bonchev–Trinajstić information content (AvgIpc) is 3.28. The normalized spacial score (nSPS) is 21.5. The third-order valence-corrected chi connectivity index (χ3v) is 8.66. The minimum absolute atomic E-state index is 0.0199. The molecule has 1 aliphatic carbocycles. The van der Waals surface area contributed by atoms with E-state index in [-0.39, 0.29) is 36.8 Å². The van der Waals surface area contributed by atoms with Gasteiger partial charge in [-0.2, -0.15) is 0 Å². The van der Waals surface area contributed by atoms with E-state index < -0.39 is 17.9 Å². The minimum Gasteiger partial charge on any atom is -0.487 e. The lowest BCUT2D eigenvalue weighted by Crippen LogP contribution is -2.51. The molecule has 216 valence electrons. The number of imide groups is 1. The molecule has 4 amide bonds. The summed E-state index contributed by atoms with van der Waals surface area (Å²) in [5.41, 5.74) is 3.12. The highest BCUT2D eigenvalue weighted by Crippen LogP contribution is 2.41. The van der Waals surface area contributed by atoms with Crippen LogP contribution in [0.2, 0.25) is 0 Å². The Morgan fingerprint density at radius 1 is 0.976 bits per heavy atom. The van der Waals surface area contributed by atoms with Gasteiger partial charge >= 0.3 is 0 Å². The van der Waals surface area contributed by atoms with Crippen LogP contribution >= 0.6 is 0 Å². The lowest BCUT2D eigenvalue weighted by molar-refractivity contribution is -0.146. The van der Waals surface area contributed by atoms with Gasteiger partial charge in [0, 0.05) is 43.4 Å². The van der Waals surface area contributed by atoms with E-state index in [0.29, 0.717) is 48.4 Å². The van der Waals surface area contributed by atoms with Gasteiger partial charge in [0.15, 0.2) is 0 Å². The Balaban J connectivity index is 1.38. The van der Waals surface area contributed by atoms with Gasteiger partial charge in [0.05, 0.1) is 35.6 Å². The number of hydrogen-bond donors (Lipinski definition) is 1. The molecule has 1 unspecified atom stereocenters. The molecule has 0 bridgehead atoms. The Morgan fingerprint density at radius 2 is 1.71 bits per heavy atom. The van der Waals surface area contributed by atoms with Crippen LogP contribution in [-0.2, 0) is 22.6 Å². The zero-order valence-electron chi connectivity index (χ0n) is 23.5. The summed E-state index contributed by atoms with van der Waals surface area (Å²) in [5.74, 6) is -1.35.